The Balaban J connectivity index is 1.28. The van der Waals surface area contributed by atoms with Crippen LogP contribution in [0.2, 0.25) is 0 Å². The fourth-order valence-electron chi connectivity index (χ4n) is 5.89. The molecule has 0 aromatic carbocycles. The molecule has 5 rings (SSSR count). The van der Waals surface area contributed by atoms with Crippen LogP contribution < -0.4 is 10.6 Å². The second-order valence-electron chi connectivity index (χ2n) is 10.2. The lowest BCUT2D eigenvalue weighted by atomic mass is 9.95. The van der Waals surface area contributed by atoms with Crippen LogP contribution in [0, 0.1) is 24.7 Å². The Morgan fingerprint density at radius 2 is 1.83 bits per heavy atom. The van der Waals surface area contributed by atoms with Crippen molar-refractivity contribution in [3.8, 4) is 11.8 Å². The van der Waals surface area contributed by atoms with Crippen molar-refractivity contribution in [2.24, 2.45) is 10.9 Å². The zero-order chi connectivity index (χ0) is 24.2. The minimum atomic E-state index is -0.0210. The van der Waals surface area contributed by atoms with E-state index in [9.17, 15) is 4.79 Å². The number of nitrogens with two attached hydrogens (primary N) is 1. The molecule has 1 aliphatic carbocycles. The van der Waals surface area contributed by atoms with E-state index < -0.39 is 0 Å². The van der Waals surface area contributed by atoms with E-state index in [4.69, 9.17) is 5.73 Å². The number of hydrogen-bond acceptors (Lipinski definition) is 7. The van der Waals surface area contributed by atoms with Gasteiger partial charge in [-0.15, -0.1) is 0 Å². The van der Waals surface area contributed by atoms with Crippen LogP contribution in [0.5, 0.6) is 0 Å². The molecule has 0 bridgehead atoms. The lowest BCUT2D eigenvalue weighted by Crippen LogP contribution is -2.54. The van der Waals surface area contributed by atoms with Gasteiger partial charge in [-0.25, -0.2) is 4.98 Å². The van der Waals surface area contributed by atoms with Gasteiger partial charge < -0.3 is 15.5 Å². The van der Waals surface area contributed by atoms with Crippen LogP contribution in [0.4, 0.5) is 11.8 Å². The first-order chi connectivity index (χ1) is 17.1. The molecule has 0 spiro atoms. The Morgan fingerprint density at radius 3 is 2.57 bits per heavy atom. The maximum absolute atomic E-state index is 13.5. The maximum atomic E-state index is 13.5. The molecule has 2 N–H and O–H groups in total. The molecular formula is C27H37N7O. The number of carbonyl (C=O) groups excluding carboxylic acids is 1. The molecule has 1 aromatic heterocycles. The molecule has 1 aromatic rings. The van der Waals surface area contributed by atoms with Crippen molar-refractivity contribution < 1.29 is 4.79 Å². The molecule has 2 saturated heterocycles. The van der Waals surface area contributed by atoms with Gasteiger partial charge in [0.05, 0.1) is 17.2 Å². The normalized spacial score (nSPS) is 23.7. The van der Waals surface area contributed by atoms with Gasteiger partial charge in [0, 0.05) is 63.6 Å². The number of aliphatic imine (C=N–C) groups is 1. The molecule has 1 unspecified atom stereocenters. The van der Waals surface area contributed by atoms with Gasteiger partial charge in [0.25, 0.3) is 0 Å². The SMILES string of the molecule is Cc1nc(N)nc(N2CCCC(C(=O)N3CCN(C4CCCC4)CC3)C2)c1C#CC1=CCCN=C1. The number of dihydropyridines is 1. The van der Waals surface area contributed by atoms with E-state index in [1.165, 1.54) is 25.7 Å². The van der Waals surface area contributed by atoms with E-state index in [0.29, 0.717) is 6.54 Å². The van der Waals surface area contributed by atoms with E-state index >= 15 is 0 Å². The molecule has 186 valence electrons. The fourth-order valence-corrected chi connectivity index (χ4v) is 5.89. The first kappa shape index (κ1) is 23.8. The Bertz CT molecular complexity index is 1060. The number of amides is 1. The summed E-state index contributed by atoms with van der Waals surface area (Å²) in [6, 6.07) is 0.735. The van der Waals surface area contributed by atoms with Gasteiger partial charge in [0.2, 0.25) is 11.9 Å². The number of hydrogen-bond donors (Lipinski definition) is 1. The van der Waals surface area contributed by atoms with Crippen molar-refractivity contribution >= 4 is 23.9 Å². The van der Waals surface area contributed by atoms with Gasteiger partial charge in [-0.05, 0) is 39.0 Å². The van der Waals surface area contributed by atoms with E-state index in [-0.39, 0.29) is 17.8 Å². The molecular weight excluding hydrogens is 438 g/mol. The first-order valence-electron chi connectivity index (χ1n) is 13.2. The first-order valence-corrected chi connectivity index (χ1v) is 13.2. The minimum Gasteiger partial charge on any atom is -0.368 e. The summed E-state index contributed by atoms with van der Waals surface area (Å²) < 4.78 is 0. The van der Waals surface area contributed by atoms with Gasteiger partial charge >= 0.3 is 0 Å². The summed E-state index contributed by atoms with van der Waals surface area (Å²) in [7, 11) is 0. The third kappa shape index (κ3) is 5.51. The van der Waals surface area contributed by atoms with E-state index in [0.717, 1.165) is 87.2 Å². The Hall–Kier alpha value is -2.92. The molecule has 0 radical (unpaired) electrons. The zero-order valence-electron chi connectivity index (χ0n) is 20.9. The number of anilines is 2. The van der Waals surface area contributed by atoms with Crippen LogP contribution in [-0.2, 0) is 4.79 Å². The van der Waals surface area contributed by atoms with Crippen molar-refractivity contribution in [3.63, 3.8) is 0 Å². The van der Waals surface area contributed by atoms with Crippen LogP contribution in [0.25, 0.3) is 0 Å². The number of nitrogens with zero attached hydrogens (tertiary/aromatic N) is 6. The second kappa shape index (κ2) is 10.8. The summed E-state index contributed by atoms with van der Waals surface area (Å²) in [5.41, 5.74) is 8.52. The van der Waals surface area contributed by atoms with Gasteiger partial charge in [-0.1, -0.05) is 30.8 Å². The highest BCUT2D eigenvalue weighted by molar-refractivity contribution is 5.86. The van der Waals surface area contributed by atoms with Crippen LogP contribution in [0.15, 0.2) is 16.6 Å². The largest absolute Gasteiger partial charge is 0.368 e. The van der Waals surface area contributed by atoms with Crippen molar-refractivity contribution in [1.82, 2.24) is 19.8 Å². The van der Waals surface area contributed by atoms with Crippen molar-refractivity contribution in [2.45, 2.75) is 57.9 Å². The predicted molar refractivity (Wildman–Crippen MR) is 139 cm³/mol. The number of aryl methyl sites for hydroxylation is 1. The highest BCUT2D eigenvalue weighted by Crippen LogP contribution is 2.29. The second-order valence-corrected chi connectivity index (χ2v) is 10.2. The molecule has 1 saturated carbocycles. The number of aromatic nitrogens is 2. The third-order valence-corrected chi connectivity index (χ3v) is 7.81. The average molecular weight is 476 g/mol. The molecule has 8 nitrogen and oxygen atoms in total. The number of carbonyl (C=O) groups is 1. The van der Waals surface area contributed by atoms with Gasteiger partial charge in [-0.2, -0.15) is 4.98 Å². The molecule has 3 aliphatic heterocycles. The summed E-state index contributed by atoms with van der Waals surface area (Å²) in [4.78, 5) is 33.6. The van der Waals surface area contributed by atoms with Crippen LogP contribution in [0.1, 0.15) is 56.2 Å². The smallest absolute Gasteiger partial charge is 0.227 e. The average Bonchev–Trinajstić information content (AvgIpc) is 3.43. The molecule has 35 heavy (non-hydrogen) atoms. The number of nitrogen functional groups attached to an aromatic ring is 1. The van der Waals surface area contributed by atoms with Crippen LogP contribution in [-0.4, -0.2) is 83.7 Å². The quantitative estimate of drug-likeness (QED) is 0.676. The molecule has 3 fully saturated rings. The van der Waals surface area contributed by atoms with Crippen molar-refractivity contribution in [3.05, 3.63) is 22.9 Å². The number of piperazine rings is 1. The summed E-state index contributed by atoms with van der Waals surface area (Å²) in [6.45, 7) is 7.94. The summed E-state index contributed by atoms with van der Waals surface area (Å²) in [5, 5.41) is 0. The van der Waals surface area contributed by atoms with E-state index in [2.05, 4.69) is 47.6 Å². The molecule has 4 heterocycles. The third-order valence-electron chi connectivity index (χ3n) is 7.81. The predicted octanol–water partition coefficient (Wildman–Crippen LogP) is 2.42. The topological polar surface area (TPSA) is 90.9 Å². The molecule has 1 amide bonds. The lowest BCUT2D eigenvalue weighted by molar-refractivity contribution is -0.137. The fraction of sp³-hybridized carbons (Fsp3) is 0.630. The Kier molecular flexibility index (Phi) is 7.33. The zero-order valence-corrected chi connectivity index (χ0v) is 20.9. The van der Waals surface area contributed by atoms with Gasteiger partial charge in [0.1, 0.15) is 5.82 Å². The molecule has 1 atom stereocenters. The standard InChI is InChI=1S/C27H37N7O/c1-20-24(11-10-21-6-4-12-29-18-21)25(31-27(28)30-20)34-13-5-7-22(19-34)26(35)33-16-14-32(15-17-33)23-8-2-3-9-23/h6,18,22-23H,2-5,7-9,12-17,19H2,1H3,(H2,28,30,31). The monoisotopic (exact) mass is 475 g/mol. The van der Waals surface area contributed by atoms with E-state index in [1.54, 1.807) is 0 Å². The summed E-state index contributed by atoms with van der Waals surface area (Å²) in [6.07, 6.45) is 12.1. The van der Waals surface area contributed by atoms with Gasteiger partial charge in [-0.3, -0.25) is 14.7 Å². The van der Waals surface area contributed by atoms with Crippen molar-refractivity contribution in [1.29, 1.82) is 0 Å². The Labute approximate surface area is 208 Å². The molecule has 8 heteroatoms. The number of allylic oxidation sites excluding steroid dienone is 1. The highest BCUT2D eigenvalue weighted by Gasteiger charge is 2.34. The Morgan fingerprint density at radius 1 is 1.03 bits per heavy atom. The summed E-state index contributed by atoms with van der Waals surface area (Å²) in [5.74, 6) is 7.77. The minimum absolute atomic E-state index is 0.0210. The number of piperidine rings is 1. The number of rotatable bonds is 3. The van der Waals surface area contributed by atoms with E-state index in [1.807, 2.05) is 13.1 Å². The summed E-state index contributed by atoms with van der Waals surface area (Å²) >= 11 is 0. The van der Waals surface area contributed by atoms with Gasteiger partial charge in [0.15, 0.2) is 0 Å². The van der Waals surface area contributed by atoms with Crippen LogP contribution in [0.3, 0.4) is 0 Å². The van der Waals surface area contributed by atoms with Crippen LogP contribution >= 0.6 is 0 Å². The van der Waals surface area contributed by atoms with Crippen molar-refractivity contribution in [2.75, 3.05) is 56.4 Å². The highest BCUT2D eigenvalue weighted by atomic mass is 16.2. The lowest BCUT2D eigenvalue weighted by Gasteiger charge is -2.41. The maximum Gasteiger partial charge on any atom is 0.227 e. The molecule has 4 aliphatic rings.